The minimum Gasteiger partial charge on any atom is -0.339 e. The predicted octanol–water partition coefficient (Wildman–Crippen LogP) is 4.21. The van der Waals surface area contributed by atoms with Gasteiger partial charge in [0.15, 0.2) is 0 Å². The average Bonchev–Trinajstić information content (AvgIpc) is 2.52. The molecule has 0 aromatic heterocycles. The van der Waals surface area contributed by atoms with Crippen LogP contribution < -0.4 is 0 Å². The van der Waals surface area contributed by atoms with Gasteiger partial charge in [-0.3, -0.25) is 4.79 Å². The third-order valence-corrected chi connectivity index (χ3v) is 4.38. The van der Waals surface area contributed by atoms with Crippen LogP contribution in [0.5, 0.6) is 0 Å². The summed E-state index contributed by atoms with van der Waals surface area (Å²) in [5.41, 5.74) is -0.238. The van der Waals surface area contributed by atoms with Crippen LogP contribution >= 0.6 is 11.6 Å². The maximum absolute atomic E-state index is 12.7. The zero-order valence-electron chi connectivity index (χ0n) is 12.3. The smallest absolute Gasteiger partial charge is 0.228 e. The molecule has 0 aromatic carbocycles. The Morgan fingerprint density at radius 1 is 1.39 bits per heavy atom. The number of likely N-dealkylation sites (tertiary alicyclic amines) is 1. The molecule has 1 heterocycles. The summed E-state index contributed by atoms with van der Waals surface area (Å²) in [4.78, 5) is 14.8. The summed E-state index contributed by atoms with van der Waals surface area (Å²) in [6, 6.07) is 0.346. The molecular weight excluding hydrogens is 246 g/mol. The zero-order valence-corrected chi connectivity index (χ0v) is 13.1. The monoisotopic (exact) mass is 273 g/mol. The van der Waals surface area contributed by atoms with Crippen molar-refractivity contribution in [2.75, 3.05) is 6.54 Å². The molecule has 1 rings (SSSR count). The third kappa shape index (κ3) is 4.15. The molecule has 0 N–H and O–H groups in total. The number of alkyl halides is 1. The summed E-state index contributed by atoms with van der Waals surface area (Å²) in [5, 5.41) is 0.146. The third-order valence-electron chi connectivity index (χ3n) is 4.20. The fraction of sp³-hybridized carbons (Fsp3) is 0.933. The SMILES string of the molecule is CCC(C)(C)C(=O)N1CCCCCC1CC(C)Cl. The van der Waals surface area contributed by atoms with Gasteiger partial charge in [-0.05, 0) is 32.6 Å². The molecule has 1 saturated heterocycles. The maximum Gasteiger partial charge on any atom is 0.228 e. The Balaban J connectivity index is 2.81. The van der Waals surface area contributed by atoms with Crippen LogP contribution in [0.25, 0.3) is 0 Å². The Morgan fingerprint density at radius 2 is 2.06 bits per heavy atom. The molecule has 106 valence electrons. The molecule has 2 unspecified atom stereocenters. The van der Waals surface area contributed by atoms with E-state index < -0.39 is 0 Å². The number of nitrogens with zero attached hydrogens (tertiary/aromatic N) is 1. The summed E-state index contributed by atoms with van der Waals surface area (Å²) >= 11 is 6.14. The second-order valence-corrected chi connectivity index (χ2v) is 7.00. The topological polar surface area (TPSA) is 20.3 Å². The minimum atomic E-state index is -0.238. The molecule has 0 bridgehead atoms. The number of amides is 1. The zero-order chi connectivity index (χ0) is 13.8. The molecule has 18 heavy (non-hydrogen) atoms. The van der Waals surface area contributed by atoms with E-state index in [2.05, 4.69) is 25.7 Å². The van der Waals surface area contributed by atoms with Gasteiger partial charge in [0.2, 0.25) is 5.91 Å². The van der Waals surface area contributed by atoms with Crippen molar-refractivity contribution in [3.05, 3.63) is 0 Å². The van der Waals surface area contributed by atoms with Crippen molar-refractivity contribution in [2.45, 2.75) is 77.6 Å². The number of carbonyl (C=O) groups is 1. The lowest BCUT2D eigenvalue weighted by Gasteiger charge is -2.36. The lowest BCUT2D eigenvalue weighted by atomic mass is 9.87. The van der Waals surface area contributed by atoms with Crippen molar-refractivity contribution < 1.29 is 4.79 Å². The van der Waals surface area contributed by atoms with E-state index in [0.29, 0.717) is 11.9 Å². The van der Waals surface area contributed by atoms with Gasteiger partial charge in [0, 0.05) is 23.4 Å². The van der Waals surface area contributed by atoms with Gasteiger partial charge in [0.05, 0.1) is 0 Å². The van der Waals surface area contributed by atoms with Crippen LogP contribution in [0.2, 0.25) is 0 Å². The van der Waals surface area contributed by atoms with Crippen LogP contribution in [0.15, 0.2) is 0 Å². The lowest BCUT2D eigenvalue weighted by Crippen LogP contribution is -2.47. The molecule has 0 aliphatic carbocycles. The number of hydrogen-bond donors (Lipinski definition) is 0. The van der Waals surface area contributed by atoms with Crippen molar-refractivity contribution in [3.8, 4) is 0 Å². The van der Waals surface area contributed by atoms with Crippen molar-refractivity contribution in [1.29, 1.82) is 0 Å². The quantitative estimate of drug-likeness (QED) is 0.703. The minimum absolute atomic E-state index is 0.146. The lowest BCUT2D eigenvalue weighted by molar-refractivity contribution is -0.143. The van der Waals surface area contributed by atoms with E-state index in [1.807, 2.05) is 6.92 Å². The molecule has 2 atom stereocenters. The molecule has 1 amide bonds. The Labute approximate surface area is 117 Å². The molecule has 0 radical (unpaired) electrons. The Hall–Kier alpha value is -0.240. The second-order valence-electron chi connectivity index (χ2n) is 6.26. The van der Waals surface area contributed by atoms with Gasteiger partial charge in [-0.15, -0.1) is 11.6 Å². The first-order valence-electron chi connectivity index (χ1n) is 7.33. The highest BCUT2D eigenvalue weighted by atomic mass is 35.5. The number of halogens is 1. The van der Waals surface area contributed by atoms with Gasteiger partial charge >= 0.3 is 0 Å². The first kappa shape index (κ1) is 15.8. The Morgan fingerprint density at radius 3 is 2.61 bits per heavy atom. The molecule has 1 aliphatic rings. The first-order chi connectivity index (χ1) is 8.38. The molecule has 1 fully saturated rings. The summed E-state index contributed by atoms with van der Waals surface area (Å²) in [6.07, 6.45) is 6.54. The summed E-state index contributed by atoms with van der Waals surface area (Å²) in [6.45, 7) is 9.15. The molecule has 2 nitrogen and oxygen atoms in total. The molecular formula is C15H28ClNO. The van der Waals surface area contributed by atoms with Crippen molar-refractivity contribution in [3.63, 3.8) is 0 Å². The van der Waals surface area contributed by atoms with E-state index in [0.717, 1.165) is 32.2 Å². The largest absolute Gasteiger partial charge is 0.339 e. The van der Waals surface area contributed by atoms with Crippen LogP contribution in [0.1, 0.15) is 66.2 Å². The van der Waals surface area contributed by atoms with Gasteiger partial charge in [-0.1, -0.05) is 33.6 Å². The second kappa shape index (κ2) is 6.79. The van der Waals surface area contributed by atoms with Gasteiger partial charge in [0.25, 0.3) is 0 Å². The van der Waals surface area contributed by atoms with E-state index in [4.69, 9.17) is 11.6 Å². The van der Waals surface area contributed by atoms with Crippen LogP contribution in [-0.2, 0) is 4.79 Å². The van der Waals surface area contributed by atoms with Crippen LogP contribution in [0.3, 0.4) is 0 Å². The molecule has 0 aromatic rings. The number of rotatable bonds is 4. The standard InChI is InChI=1S/C15H28ClNO/c1-5-15(3,4)14(18)17-10-8-6-7-9-13(17)11-12(2)16/h12-13H,5-11H2,1-4H3. The molecule has 0 spiro atoms. The maximum atomic E-state index is 12.7. The van der Waals surface area contributed by atoms with E-state index in [1.54, 1.807) is 0 Å². The number of carbonyl (C=O) groups excluding carboxylic acids is 1. The first-order valence-corrected chi connectivity index (χ1v) is 7.77. The molecule has 3 heteroatoms. The number of hydrogen-bond acceptors (Lipinski definition) is 1. The molecule has 0 saturated carbocycles. The highest BCUT2D eigenvalue weighted by Gasteiger charge is 2.34. The Kier molecular flexibility index (Phi) is 5.97. The van der Waals surface area contributed by atoms with Crippen molar-refractivity contribution >= 4 is 17.5 Å². The van der Waals surface area contributed by atoms with Crippen LogP contribution in [-0.4, -0.2) is 28.8 Å². The van der Waals surface area contributed by atoms with Gasteiger partial charge < -0.3 is 4.90 Å². The van der Waals surface area contributed by atoms with Gasteiger partial charge in [-0.25, -0.2) is 0 Å². The van der Waals surface area contributed by atoms with E-state index >= 15 is 0 Å². The fourth-order valence-corrected chi connectivity index (χ4v) is 2.81. The van der Waals surface area contributed by atoms with E-state index in [9.17, 15) is 4.79 Å². The highest BCUT2D eigenvalue weighted by Crippen LogP contribution is 2.29. The summed E-state index contributed by atoms with van der Waals surface area (Å²) in [5.74, 6) is 0.314. The normalized spacial score (nSPS) is 23.6. The predicted molar refractivity (Wildman–Crippen MR) is 78.0 cm³/mol. The van der Waals surface area contributed by atoms with Crippen molar-refractivity contribution in [1.82, 2.24) is 4.90 Å². The average molecular weight is 274 g/mol. The van der Waals surface area contributed by atoms with Crippen LogP contribution in [0, 0.1) is 5.41 Å². The fourth-order valence-electron chi connectivity index (χ4n) is 2.60. The van der Waals surface area contributed by atoms with Crippen LogP contribution in [0.4, 0.5) is 0 Å². The Bertz CT molecular complexity index is 276. The van der Waals surface area contributed by atoms with E-state index in [-0.39, 0.29) is 10.8 Å². The van der Waals surface area contributed by atoms with E-state index in [1.165, 1.54) is 12.8 Å². The summed E-state index contributed by atoms with van der Waals surface area (Å²) < 4.78 is 0. The van der Waals surface area contributed by atoms with Gasteiger partial charge in [-0.2, -0.15) is 0 Å². The van der Waals surface area contributed by atoms with Crippen molar-refractivity contribution in [2.24, 2.45) is 5.41 Å². The summed E-state index contributed by atoms with van der Waals surface area (Å²) in [7, 11) is 0. The van der Waals surface area contributed by atoms with Gasteiger partial charge in [0.1, 0.15) is 0 Å². The highest BCUT2D eigenvalue weighted by molar-refractivity contribution is 6.20. The molecule has 1 aliphatic heterocycles.